The maximum atomic E-state index is 11.8. The van der Waals surface area contributed by atoms with Gasteiger partial charge in [0.2, 0.25) is 5.91 Å². The Morgan fingerprint density at radius 1 is 1.47 bits per heavy atom. The summed E-state index contributed by atoms with van der Waals surface area (Å²) in [5, 5.41) is 5.74. The van der Waals surface area contributed by atoms with Crippen molar-refractivity contribution in [3.8, 4) is 5.75 Å². The average Bonchev–Trinajstić information content (AvgIpc) is 2.31. The molecule has 0 aliphatic carbocycles. The minimum atomic E-state index is -0.231. The predicted octanol–water partition coefficient (Wildman–Crippen LogP) is 1.94. The van der Waals surface area contributed by atoms with E-state index in [4.69, 9.17) is 4.74 Å². The van der Waals surface area contributed by atoms with Crippen molar-refractivity contribution in [2.24, 2.45) is 0 Å². The van der Waals surface area contributed by atoms with E-state index in [9.17, 15) is 4.79 Å². The van der Waals surface area contributed by atoms with Crippen LogP contribution in [-0.2, 0) is 4.79 Å². The molecule has 1 rings (SSSR count). The van der Waals surface area contributed by atoms with Gasteiger partial charge in [-0.1, -0.05) is 6.07 Å². The second-order valence-corrected chi connectivity index (χ2v) is 3.93. The predicted molar refractivity (Wildman–Crippen MR) is 69.5 cm³/mol. The van der Waals surface area contributed by atoms with Crippen LogP contribution in [0.25, 0.3) is 0 Å². The van der Waals surface area contributed by atoms with Crippen LogP contribution in [0.3, 0.4) is 0 Å². The lowest BCUT2D eigenvalue weighted by Crippen LogP contribution is -2.35. The molecule has 0 radical (unpaired) electrons. The van der Waals surface area contributed by atoms with Gasteiger partial charge in [0.05, 0.1) is 18.3 Å². The van der Waals surface area contributed by atoms with Gasteiger partial charge in [0.1, 0.15) is 5.75 Å². The van der Waals surface area contributed by atoms with Crippen LogP contribution in [-0.4, -0.2) is 25.6 Å². The van der Waals surface area contributed by atoms with Crippen molar-refractivity contribution >= 4 is 11.6 Å². The number of benzene rings is 1. The molecule has 4 heteroatoms. The summed E-state index contributed by atoms with van der Waals surface area (Å²) >= 11 is 0. The molecule has 0 aliphatic rings. The number of aryl methyl sites for hydroxylation is 1. The van der Waals surface area contributed by atoms with Gasteiger partial charge in [-0.05, 0) is 45.5 Å². The van der Waals surface area contributed by atoms with E-state index in [0.29, 0.717) is 18.0 Å². The van der Waals surface area contributed by atoms with Gasteiger partial charge in [-0.25, -0.2) is 0 Å². The van der Waals surface area contributed by atoms with E-state index < -0.39 is 0 Å². The Hall–Kier alpha value is -1.55. The molecule has 0 saturated heterocycles. The molecule has 17 heavy (non-hydrogen) atoms. The number of anilines is 1. The zero-order valence-electron chi connectivity index (χ0n) is 10.8. The first-order valence-electron chi connectivity index (χ1n) is 5.80. The smallest absolute Gasteiger partial charge is 0.241 e. The summed E-state index contributed by atoms with van der Waals surface area (Å²) in [6.07, 6.45) is 0. The first-order chi connectivity index (χ1) is 8.08. The maximum absolute atomic E-state index is 11.8. The Balaban J connectivity index is 2.86. The highest BCUT2D eigenvalue weighted by Gasteiger charge is 2.12. The van der Waals surface area contributed by atoms with E-state index in [1.165, 1.54) is 0 Å². The third kappa shape index (κ3) is 3.75. The van der Waals surface area contributed by atoms with Crippen LogP contribution in [0, 0.1) is 6.92 Å². The zero-order valence-corrected chi connectivity index (χ0v) is 10.8. The molecule has 0 aliphatic heterocycles. The van der Waals surface area contributed by atoms with Crippen LogP contribution in [0.5, 0.6) is 5.75 Å². The molecule has 0 spiro atoms. The highest BCUT2D eigenvalue weighted by atomic mass is 16.5. The normalized spacial score (nSPS) is 12.0. The van der Waals surface area contributed by atoms with Crippen molar-refractivity contribution < 1.29 is 9.53 Å². The fourth-order valence-electron chi connectivity index (χ4n) is 1.38. The molecule has 0 saturated carbocycles. The molecule has 1 unspecified atom stereocenters. The Labute approximate surface area is 102 Å². The van der Waals surface area contributed by atoms with Gasteiger partial charge in [0, 0.05) is 0 Å². The van der Waals surface area contributed by atoms with E-state index in [0.717, 1.165) is 5.56 Å². The van der Waals surface area contributed by atoms with E-state index >= 15 is 0 Å². The van der Waals surface area contributed by atoms with Crippen molar-refractivity contribution in [1.82, 2.24) is 5.32 Å². The topological polar surface area (TPSA) is 50.4 Å². The Morgan fingerprint density at radius 2 is 2.18 bits per heavy atom. The van der Waals surface area contributed by atoms with Crippen LogP contribution in [0.2, 0.25) is 0 Å². The first kappa shape index (κ1) is 13.5. The molecule has 0 fully saturated rings. The fourth-order valence-corrected chi connectivity index (χ4v) is 1.38. The number of likely N-dealkylation sites (N-methyl/N-ethyl adjacent to an activating group) is 1. The van der Waals surface area contributed by atoms with Crippen LogP contribution in [0.4, 0.5) is 5.69 Å². The number of nitrogens with one attached hydrogen (secondary N) is 2. The van der Waals surface area contributed by atoms with E-state index in [1.54, 1.807) is 7.05 Å². The molecular weight excluding hydrogens is 216 g/mol. The Morgan fingerprint density at radius 3 is 2.76 bits per heavy atom. The SMILES string of the molecule is CCOc1cc(C)ccc1NC(=O)C(C)NC. The summed E-state index contributed by atoms with van der Waals surface area (Å²) in [4.78, 5) is 11.8. The average molecular weight is 236 g/mol. The summed E-state index contributed by atoms with van der Waals surface area (Å²) in [6, 6.07) is 5.50. The summed E-state index contributed by atoms with van der Waals surface area (Å²) in [5.74, 6) is 0.640. The second kappa shape index (κ2) is 6.25. The third-order valence-corrected chi connectivity index (χ3v) is 2.52. The highest BCUT2D eigenvalue weighted by Crippen LogP contribution is 2.25. The van der Waals surface area contributed by atoms with Crippen molar-refractivity contribution in [3.63, 3.8) is 0 Å². The van der Waals surface area contributed by atoms with Crippen LogP contribution in [0.1, 0.15) is 19.4 Å². The summed E-state index contributed by atoms with van der Waals surface area (Å²) in [5.41, 5.74) is 1.82. The molecule has 94 valence electrons. The van der Waals surface area contributed by atoms with Gasteiger partial charge in [-0.3, -0.25) is 4.79 Å². The quantitative estimate of drug-likeness (QED) is 0.821. The molecule has 0 aromatic heterocycles. The van der Waals surface area contributed by atoms with E-state index in [1.807, 2.05) is 39.0 Å². The van der Waals surface area contributed by atoms with Gasteiger partial charge in [-0.2, -0.15) is 0 Å². The minimum absolute atomic E-state index is 0.0719. The number of ether oxygens (including phenoxy) is 1. The summed E-state index contributed by atoms with van der Waals surface area (Å²) < 4.78 is 5.50. The standard InChI is InChI=1S/C13H20N2O2/c1-5-17-12-8-9(2)6-7-11(12)15-13(16)10(3)14-4/h6-8,10,14H,5H2,1-4H3,(H,15,16). The lowest BCUT2D eigenvalue weighted by molar-refractivity contribution is -0.117. The molecule has 1 amide bonds. The minimum Gasteiger partial charge on any atom is -0.492 e. The molecule has 0 bridgehead atoms. The molecule has 2 N–H and O–H groups in total. The molecule has 1 aromatic rings. The highest BCUT2D eigenvalue weighted by molar-refractivity contribution is 5.95. The second-order valence-electron chi connectivity index (χ2n) is 3.93. The number of hydrogen-bond donors (Lipinski definition) is 2. The molecular formula is C13H20N2O2. The molecule has 4 nitrogen and oxygen atoms in total. The molecule has 1 atom stereocenters. The fraction of sp³-hybridized carbons (Fsp3) is 0.462. The first-order valence-corrected chi connectivity index (χ1v) is 5.80. The maximum Gasteiger partial charge on any atom is 0.241 e. The number of carbonyl (C=O) groups excluding carboxylic acids is 1. The van der Waals surface area contributed by atoms with Crippen molar-refractivity contribution in [3.05, 3.63) is 23.8 Å². The lowest BCUT2D eigenvalue weighted by Gasteiger charge is -2.15. The number of rotatable bonds is 5. The molecule has 1 aromatic carbocycles. The summed E-state index contributed by atoms with van der Waals surface area (Å²) in [6.45, 7) is 6.30. The number of hydrogen-bond acceptors (Lipinski definition) is 3. The van der Waals surface area contributed by atoms with Gasteiger partial charge >= 0.3 is 0 Å². The van der Waals surface area contributed by atoms with E-state index in [-0.39, 0.29) is 11.9 Å². The number of carbonyl (C=O) groups is 1. The van der Waals surface area contributed by atoms with Crippen molar-refractivity contribution in [2.45, 2.75) is 26.8 Å². The van der Waals surface area contributed by atoms with Crippen LogP contribution in [0.15, 0.2) is 18.2 Å². The van der Waals surface area contributed by atoms with Gasteiger partial charge in [0.25, 0.3) is 0 Å². The van der Waals surface area contributed by atoms with Gasteiger partial charge in [-0.15, -0.1) is 0 Å². The zero-order chi connectivity index (χ0) is 12.8. The Kier molecular flexibility index (Phi) is 4.97. The van der Waals surface area contributed by atoms with Gasteiger partial charge < -0.3 is 15.4 Å². The lowest BCUT2D eigenvalue weighted by atomic mass is 10.2. The third-order valence-electron chi connectivity index (χ3n) is 2.52. The van der Waals surface area contributed by atoms with Crippen molar-refractivity contribution in [1.29, 1.82) is 0 Å². The van der Waals surface area contributed by atoms with Crippen molar-refractivity contribution in [2.75, 3.05) is 19.0 Å². The number of amides is 1. The monoisotopic (exact) mass is 236 g/mol. The van der Waals surface area contributed by atoms with Crippen LogP contribution < -0.4 is 15.4 Å². The Bertz CT molecular complexity index is 391. The summed E-state index contributed by atoms with van der Waals surface area (Å²) in [7, 11) is 1.75. The largest absolute Gasteiger partial charge is 0.492 e. The van der Waals surface area contributed by atoms with E-state index in [2.05, 4.69) is 10.6 Å². The van der Waals surface area contributed by atoms with Gasteiger partial charge in [0.15, 0.2) is 0 Å². The van der Waals surface area contributed by atoms with Crippen LogP contribution >= 0.6 is 0 Å². The molecule has 0 heterocycles.